The largest absolute Gasteiger partial charge is 0.444 e. The summed E-state index contributed by atoms with van der Waals surface area (Å²) in [6, 6.07) is 0.953. The monoisotopic (exact) mass is 316 g/mol. The molecule has 1 fully saturated rings. The quantitative estimate of drug-likeness (QED) is 0.896. The molecule has 1 aliphatic rings. The molecule has 122 valence electrons. The first kappa shape index (κ1) is 16.5. The van der Waals surface area contributed by atoms with Crippen molar-refractivity contribution < 1.29 is 22.7 Å². The summed E-state index contributed by atoms with van der Waals surface area (Å²) in [7, 11) is 0. The molecule has 1 amide bonds. The van der Waals surface area contributed by atoms with Crippen LogP contribution in [-0.2, 0) is 4.74 Å². The zero-order valence-electron chi connectivity index (χ0n) is 12.7. The van der Waals surface area contributed by atoms with Gasteiger partial charge in [-0.05, 0) is 33.6 Å². The third-order valence-electron chi connectivity index (χ3n) is 3.21. The minimum Gasteiger partial charge on any atom is -0.444 e. The predicted octanol–water partition coefficient (Wildman–Crippen LogP) is 3.57. The van der Waals surface area contributed by atoms with Gasteiger partial charge in [-0.15, -0.1) is 0 Å². The summed E-state index contributed by atoms with van der Waals surface area (Å²) >= 11 is 0. The number of benzene rings is 1. The molecule has 7 heteroatoms. The average molecular weight is 316 g/mol. The molecular formula is C15H19F3N2O2. The molecule has 0 heterocycles. The summed E-state index contributed by atoms with van der Waals surface area (Å²) in [6.07, 6.45) is 0.500. The lowest BCUT2D eigenvalue weighted by molar-refractivity contribution is 0.0475. The van der Waals surface area contributed by atoms with Crippen molar-refractivity contribution in [2.75, 3.05) is 5.32 Å². The lowest BCUT2D eigenvalue weighted by Gasteiger charge is -2.37. The maximum atomic E-state index is 13.5. The van der Waals surface area contributed by atoms with Gasteiger partial charge in [-0.1, -0.05) is 0 Å². The highest BCUT2D eigenvalue weighted by Gasteiger charge is 2.32. The second-order valence-corrected chi connectivity index (χ2v) is 6.40. The van der Waals surface area contributed by atoms with Crippen LogP contribution in [0.2, 0.25) is 0 Å². The van der Waals surface area contributed by atoms with Crippen LogP contribution in [0.4, 0.5) is 23.7 Å². The lowest BCUT2D eigenvalue weighted by Crippen LogP contribution is -2.50. The molecule has 1 aromatic rings. The van der Waals surface area contributed by atoms with Gasteiger partial charge in [0.05, 0.1) is 0 Å². The number of hydrogen-bond acceptors (Lipinski definition) is 3. The van der Waals surface area contributed by atoms with Crippen LogP contribution in [0.25, 0.3) is 0 Å². The van der Waals surface area contributed by atoms with E-state index in [1.165, 1.54) is 0 Å². The van der Waals surface area contributed by atoms with E-state index in [4.69, 9.17) is 4.74 Å². The van der Waals surface area contributed by atoms with E-state index >= 15 is 0 Å². The van der Waals surface area contributed by atoms with Gasteiger partial charge >= 0.3 is 6.09 Å². The van der Waals surface area contributed by atoms with Crippen LogP contribution in [0.15, 0.2) is 12.1 Å². The van der Waals surface area contributed by atoms with Crippen LogP contribution in [0.1, 0.15) is 33.6 Å². The highest BCUT2D eigenvalue weighted by molar-refractivity contribution is 5.68. The van der Waals surface area contributed by atoms with Crippen molar-refractivity contribution in [3.8, 4) is 0 Å². The molecule has 4 nitrogen and oxygen atoms in total. The molecule has 1 saturated carbocycles. The molecule has 0 spiro atoms. The van der Waals surface area contributed by atoms with Crippen LogP contribution < -0.4 is 10.6 Å². The molecule has 0 unspecified atom stereocenters. The summed E-state index contributed by atoms with van der Waals surface area (Å²) in [5.74, 6) is -2.90. The molecule has 2 rings (SSSR count). The Kier molecular flexibility index (Phi) is 4.53. The highest BCUT2D eigenvalue weighted by atomic mass is 19.1. The Balaban J connectivity index is 1.82. The fourth-order valence-corrected chi connectivity index (χ4v) is 2.21. The number of hydrogen-bond donors (Lipinski definition) is 2. The smallest absolute Gasteiger partial charge is 0.407 e. The Morgan fingerprint density at radius 1 is 1.14 bits per heavy atom. The third-order valence-corrected chi connectivity index (χ3v) is 3.21. The van der Waals surface area contributed by atoms with E-state index < -0.39 is 29.1 Å². The topological polar surface area (TPSA) is 50.4 Å². The number of rotatable bonds is 3. The van der Waals surface area contributed by atoms with Gasteiger partial charge in [-0.2, -0.15) is 0 Å². The molecule has 0 radical (unpaired) electrons. The lowest BCUT2D eigenvalue weighted by atomic mass is 9.86. The Morgan fingerprint density at radius 3 is 2.18 bits per heavy atom. The molecule has 1 aliphatic carbocycles. The van der Waals surface area contributed by atoms with Crippen molar-refractivity contribution in [1.29, 1.82) is 0 Å². The molecule has 1 aromatic carbocycles. The molecule has 0 aromatic heterocycles. The van der Waals surface area contributed by atoms with Crippen molar-refractivity contribution >= 4 is 11.8 Å². The Labute approximate surface area is 127 Å². The normalized spacial score (nSPS) is 21.0. The third kappa shape index (κ3) is 4.29. The van der Waals surface area contributed by atoms with E-state index in [1.807, 2.05) is 0 Å². The van der Waals surface area contributed by atoms with Crippen LogP contribution in [0, 0.1) is 17.5 Å². The first-order valence-electron chi connectivity index (χ1n) is 7.04. The number of nitrogens with one attached hydrogen (secondary N) is 2. The first-order valence-corrected chi connectivity index (χ1v) is 7.04. The summed E-state index contributed by atoms with van der Waals surface area (Å²) in [5, 5.41) is 5.36. The summed E-state index contributed by atoms with van der Waals surface area (Å²) < 4.78 is 44.9. The zero-order valence-corrected chi connectivity index (χ0v) is 12.7. The van der Waals surface area contributed by atoms with E-state index in [0.717, 1.165) is 0 Å². The number of alkyl carbamates (subject to hydrolysis) is 1. The van der Waals surface area contributed by atoms with E-state index in [9.17, 15) is 18.0 Å². The highest BCUT2D eigenvalue weighted by Crippen LogP contribution is 2.28. The van der Waals surface area contributed by atoms with Crippen LogP contribution in [-0.4, -0.2) is 23.8 Å². The van der Waals surface area contributed by atoms with Crippen LogP contribution >= 0.6 is 0 Å². The van der Waals surface area contributed by atoms with E-state index in [1.54, 1.807) is 20.8 Å². The van der Waals surface area contributed by atoms with Gasteiger partial charge in [-0.25, -0.2) is 18.0 Å². The van der Waals surface area contributed by atoms with E-state index in [0.29, 0.717) is 25.0 Å². The molecule has 22 heavy (non-hydrogen) atoms. The predicted molar refractivity (Wildman–Crippen MR) is 76.1 cm³/mol. The van der Waals surface area contributed by atoms with Crippen LogP contribution in [0.5, 0.6) is 0 Å². The number of ether oxygens (including phenoxy) is 1. The molecule has 0 saturated heterocycles. The minimum absolute atomic E-state index is 0.112. The van der Waals surface area contributed by atoms with Crippen molar-refractivity contribution in [3.05, 3.63) is 29.6 Å². The van der Waals surface area contributed by atoms with E-state index in [2.05, 4.69) is 10.6 Å². The van der Waals surface area contributed by atoms with Gasteiger partial charge in [0.2, 0.25) is 0 Å². The SMILES string of the molecule is CC(C)(C)OC(=O)NC1CC(Nc2c(F)cc(F)cc2F)C1. The van der Waals surface area contributed by atoms with Crippen LogP contribution in [0.3, 0.4) is 0 Å². The van der Waals surface area contributed by atoms with Gasteiger partial charge in [0, 0.05) is 24.2 Å². The Morgan fingerprint density at radius 2 is 1.68 bits per heavy atom. The number of carbonyl (C=O) groups excluding carboxylic acids is 1. The molecular weight excluding hydrogens is 297 g/mol. The standard InChI is InChI=1S/C15H19F3N2O2/c1-15(2,3)22-14(21)20-10-6-9(7-10)19-13-11(17)4-8(16)5-12(13)18/h4-5,9-10,19H,6-7H2,1-3H3,(H,20,21). The maximum Gasteiger partial charge on any atom is 0.407 e. The van der Waals surface area contributed by atoms with E-state index in [-0.39, 0.29) is 17.8 Å². The average Bonchev–Trinajstić information content (AvgIpc) is 2.27. The van der Waals surface area contributed by atoms with Crippen molar-refractivity contribution in [1.82, 2.24) is 5.32 Å². The first-order chi connectivity index (χ1) is 10.1. The van der Waals surface area contributed by atoms with Gasteiger partial charge in [0.1, 0.15) is 17.1 Å². The van der Waals surface area contributed by atoms with Gasteiger partial charge in [0.15, 0.2) is 11.6 Å². The van der Waals surface area contributed by atoms with Gasteiger partial charge in [-0.3, -0.25) is 0 Å². The number of amides is 1. The van der Waals surface area contributed by atoms with Crippen molar-refractivity contribution in [3.63, 3.8) is 0 Å². The molecule has 0 atom stereocenters. The van der Waals surface area contributed by atoms with Crippen molar-refractivity contribution in [2.45, 2.75) is 51.3 Å². The summed E-state index contributed by atoms with van der Waals surface area (Å²) in [5.41, 5.74) is -0.923. The Hall–Kier alpha value is -1.92. The molecule has 2 N–H and O–H groups in total. The Bertz CT molecular complexity index is 543. The number of carbonyl (C=O) groups is 1. The summed E-state index contributed by atoms with van der Waals surface area (Å²) in [6.45, 7) is 5.29. The minimum atomic E-state index is -0.971. The van der Waals surface area contributed by atoms with Gasteiger partial charge < -0.3 is 15.4 Å². The fraction of sp³-hybridized carbons (Fsp3) is 0.533. The summed E-state index contributed by atoms with van der Waals surface area (Å²) in [4.78, 5) is 11.6. The number of halogens is 3. The fourth-order valence-electron chi connectivity index (χ4n) is 2.21. The maximum absolute atomic E-state index is 13.5. The second kappa shape index (κ2) is 6.06. The molecule has 0 bridgehead atoms. The number of anilines is 1. The van der Waals surface area contributed by atoms with Crippen molar-refractivity contribution in [2.24, 2.45) is 0 Å². The second-order valence-electron chi connectivity index (χ2n) is 6.40. The molecule has 0 aliphatic heterocycles. The van der Waals surface area contributed by atoms with Gasteiger partial charge in [0.25, 0.3) is 0 Å². The zero-order chi connectivity index (χ0) is 16.5.